The van der Waals surface area contributed by atoms with E-state index in [0.29, 0.717) is 25.5 Å². The van der Waals surface area contributed by atoms with Gasteiger partial charge in [0.2, 0.25) is 0 Å². The minimum Gasteiger partial charge on any atom is -0.337 e. The standard InChI is InChI=1S/C13H17N9O2S/c1-10-16-13(9-19(10)2)25(23,24)20-7-12(8-20)21-5-11(17-18-21)6-22-14-3-4-15-22/h3-5,9,12H,6-8H2,1-2H3. The average Bonchev–Trinajstić information content (AvgIpc) is 3.22. The molecule has 1 saturated heterocycles. The maximum Gasteiger partial charge on any atom is 0.262 e. The van der Waals surface area contributed by atoms with Crippen LogP contribution in [-0.4, -0.2) is 65.4 Å². The third-order valence-corrected chi connectivity index (χ3v) is 5.92. The van der Waals surface area contributed by atoms with Crippen molar-refractivity contribution < 1.29 is 8.42 Å². The quantitative estimate of drug-likeness (QED) is 0.583. The van der Waals surface area contributed by atoms with Gasteiger partial charge in [-0.15, -0.1) is 5.10 Å². The van der Waals surface area contributed by atoms with Gasteiger partial charge in [0.15, 0.2) is 5.03 Å². The molecule has 0 spiro atoms. The Morgan fingerprint density at radius 1 is 1.20 bits per heavy atom. The fourth-order valence-electron chi connectivity index (χ4n) is 2.60. The Morgan fingerprint density at radius 2 is 1.92 bits per heavy atom. The fraction of sp³-hybridized carbons (Fsp3) is 0.462. The van der Waals surface area contributed by atoms with Crippen molar-refractivity contribution in [1.82, 2.24) is 43.8 Å². The maximum atomic E-state index is 12.6. The summed E-state index contributed by atoms with van der Waals surface area (Å²) < 4.78 is 29.9. The van der Waals surface area contributed by atoms with E-state index in [2.05, 4.69) is 25.5 Å². The minimum atomic E-state index is -3.56. The zero-order valence-electron chi connectivity index (χ0n) is 13.8. The first-order valence-electron chi connectivity index (χ1n) is 7.68. The highest BCUT2D eigenvalue weighted by Gasteiger charge is 2.39. The van der Waals surface area contributed by atoms with Gasteiger partial charge in [-0.1, -0.05) is 5.21 Å². The summed E-state index contributed by atoms with van der Waals surface area (Å²) in [7, 11) is -1.79. The number of rotatable bonds is 5. The van der Waals surface area contributed by atoms with E-state index in [9.17, 15) is 8.42 Å². The monoisotopic (exact) mass is 363 g/mol. The lowest BCUT2D eigenvalue weighted by atomic mass is 10.2. The highest BCUT2D eigenvalue weighted by atomic mass is 32.2. The van der Waals surface area contributed by atoms with Crippen LogP contribution in [0.1, 0.15) is 17.6 Å². The summed E-state index contributed by atoms with van der Waals surface area (Å²) in [6.45, 7) is 2.89. The number of aromatic nitrogens is 8. The van der Waals surface area contributed by atoms with Gasteiger partial charge in [0, 0.05) is 26.3 Å². The van der Waals surface area contributed by atoms with E-state index in [1.807, 2.05) is 0 Å². The van der Waals surface area contributed by atoms with Crippen LogP contribution in [0.15, 0.2) is 29.8 Å². The predicted molar refractivity (Wildman–Crippen MR) is 84.9 cm³/mol. The topological polar surface area (TPSA) is 117 Å². The van der Waals surface area contributed by atoms with Crippen LogP contribution in [0.25, 0.3) is 0 Å². The number of sulfonamides is 1. The summed E-state index contributed by atoms with van der Waals surface area (Å²) in [5.41, 5.74) is 0.720. The van der Waals surface area contributed by atoms with E-state index in [1.54, 1.807) is 41.8 Å². The van der Waals surface area contributed by atoms with Gasteiger partial charge in [0.1, 0.15) is 18.1 Å². The largest absolute Gasteiger partial charge is 0.337 e. The van der Waals surface area contributed by atoms with Crippen LogP contribution < -0.4 is 0 Å². The van der Waals surface area contributed by atoms with Crippen molar-refractivity contribution in [3.63, 3.8) is 0 Å². The minimum absolute atomic E-state index is 0.0357. The summed E-state index contributed by atoms with van der Waals surface area (Å²) >= 11 is 0. The third-order valence-electron chi connectivity index (χ3n) is 4.22. The SMILES string of the molecule is Cc1nc(S(=O)(=O)N2CC(n3cc(Cn4nccn4)nn3)C2)cn1C. The Labute approximate surface area is 143 Å². The molecule has 0 bridgehead atoms. The second-order valence-corrected chi connectivity index (χ2v) is 7.85. The van der Waals surface area contributed by atoms with Crippen molar-refractivity contribution in [2.24, 2.45) is 7.05 Å². The number of imidazole rings is 1. The van der Waals surface area contributed by atoms with Crippen LogP contribution in [0.3, 0.4) is 0 Å². The van der Waals surface area contributed by atoms with Gasteiger partial charge in [-0.3, -0.25) is 0 Å². The van der Waals surface area contributed by atoms with Crippen LogP contribution >= 0.6 is 0 Å². The molecule has 1 aliphatic heterocycles. The number of hydrogen-bond donors (Lipinski definition) is 0. The molecule has 12 heteroatoms. The summed E-state index contributed by atoms with van der Waals surface area (Å²) in [4.78, 5) is 5.62. The first kappa shape index (κ1) is 15.9. The molecule has 0 atom stereocenters. The average molecular weight is 363 g/mol. The van der Waals surface area contributed by atoms with Gasteiger partial charge in [0.25, 0.3) is 10.0 Å². The highest BCUT2D eigenvalue weighted by molar-refractivity contribution is 7.89. The normalized spacial score (nSPS) is 16.2. The molecule has 0 aliphatic carbocycles. The number of hydrogen-bond acceptors (Lipinski definition) is 7. The molecule has 0 unspecified atom stereocenters. The van der Waals surface area contributed by atoms with Crippen molar-refractivity contribution in [2.75, 3.05) is 13.1 Å². The van der Waals surface area contributed by atoms with Crippen molar-refractivity contribution in [3.05, 3.63) is 36.3 Å². The van der Waals surface area contributed by atoms with Crippen LogP contribution in [-0.2, 0) is 23.6 Å². The molecule has 1 fully saturated rings. The second kappa shape index (κ2) is 5.74. The van der Waals surface area contributed by atoms with Crippen molar-refractivity contribution in [2.45, 2.75) is 24.5 Å². The van der Waals surface area contributed by atoms with Crippen molar-refractivity contribution in [3.8, 4) is 0 Å². The molecule has 132 valence electrons. The molecule has 0 N–H and O–H groups in total. The Kier molecular flexibility index (Phi) is 3.65. The van der Waals surface area contributed by atoms with Crippen LogP contribution in [0.5, 0.6) is 0 Å². The Bertz CT molecular complexity index is 963. The molecule has 3 aromatic heterocycles. The van der Waals surface area contributed by atoms with E-state index in [-0.39, 0.29) is 11.1 Å². The summed E-state index contributed by atoms with van der Waals surface area (Å²) in [5, 5.41) is 16.3. The van der Waals surface area contributed by atoms with Gasteiger partial charge >= 0.3 is 0 Å². The number of nitrogens with zero attached hydrogens (tertiary/aromatic N) is 9. The maximum absolute atomic E-state index is 12.6. The van der Waals surface area contributed by atoms with E-state index in [4.69, 9.17) is 0 Å². The second-order valence-electron chi connectivity index (χ2n) is 5.96. The molecule has 3 aromatic rings. The lowest BCUT2D eigenvalue weighted by molar-refractivity contribution is 0.188. The number of aryl methyl sites for hydroxylation is 2. The van der Waals surface area contributed by atoms with E-state index < -0.39 is 10.0 Å². The smallest absolute Gasteiger partial charge is 0.262 e. The molecule has 1 aliphatic rings. The van der Waals surface area contributed by atoms with Gasteiger partial charge in [-0.2, -0.15) is 19.3 Å². The molecule has 4 rings (SSSR count). The van der Waals surface area contributed by atoms with Crippen molar-refractivity contribution in [1.29, 1.82) is 0 Å². The van der Waals surface area contributed by atoms with Gasteiger partial charge in [-0.25, -0.2) is 18.1 Å². The summed E-state index contributed by atoms with van der Waals surface area (Å²) in [5.74, 6) is 0.656. The van der Waals surface area contributed by atoms with Gasteiger partial charge in [0.05, 0.1) is 24.6 Å². The molecule has 11 nitrogen and oxygen atoms in total. The summed E-state index contributed by atoms with van der Waals surface area (Å²) in [6.07, 6.45) is 6.52. The molecule has 25 heavy (non-hydrogen) atoms. The van der Waals surface area contributed by atoms with Crippen LogP contribution in [0.4, 0.5) is 0 Å². The van der Waals surface area contributed by atoms with E-state index >= 15 is 0 Å². The Hall–Kier alpha value is -2.60. The Morgan fingerprint density at radius 3 is 2.56 bits per heavy atom. The molecule has 0 amide bonds. The predicted octanol–water partition coefficient (Wildman–Crippen LogP) is -0.795. The zero-order valence-corrected chi connectivity index (χ0v) is 14.6. The molecule has 0 radical (unpaired) electrons. The first-order chi connectivity index (χ1) is 11.9. The van der Waals surface area contributed by atoms with E-state index in [0.717, 1.165) is 5.69 Å². The van der Waals surface area contributed by atoms with Gasteiger partial charge in [-0.05, 0) is 6.92 Å². The molecular formula is C13H17N9O2S. The highest BCUT2D eigenvalue weighted by Crippen LogP contribution is 2.27. The third kappa shape index (κ3) is 2.82. The van der Waals surface area contributed by atoms with Crippen molar-refractivity contribution >= 4 is 10.0 Å². The molecule has 0 aromatic carbocycles. The lowest BCUT2D eigenvalue weighted by Crippen LogP contribution is -2.50. The zero-order chi connectivity index (χ0) is 17.6. The molecule has 0 saturated carbocycles. The molecular weight excluding hydrogens is 346 g/mol. The Balaban J connectivity index is 1.42. The fourth-order valence-corrected chi connectivity index (χ4v) is 4.14. The summed E-state index contributed by atoms with van der Waals surface area (Å²) in [6, 6.07) is -0.0357. The molecule has 4 heterocycles. The van der Waals surface area contributed by atoms with Crippen LogP contribution in [0, 0.1) is 6.92 Å². The lowest BCUT2D eigenvalue weighted by Gasteiger charge is -2.36. The van der Waals surface area contributed by atoms with Gasteiger partial charge < -0.3 is 4.57 Å². The van der Waals surface area contributed by atoms with Crippen LogP contribution in [0.2, 0.25) is 0 Å². The van der Waals surface area contributed by atoms with E-state index in [1.165, 1.54) is 15.3 Å². The first-order valence-corrected chi connectivity index (χ1v) is 9.12.